The number of piperidine rings is 1. The second kappa shape index (κ2) is 4.51. The molecule has 7 heteroatoms. The molecule has 1 aliphatic rings. The van der Waals surface area contributed by atoms with Gasteiger partial charge in [-0.05, 0) is 24.6 Å². The van der Waals surface area contributed by atoms with E-state index in [0.29, 0.717) is 23.7 Å². The highest BCUT2D eigenvalue weighted by Gasteiger charge is 2.27. The Kier molecular flexibility index (Phi) is 2.83. The van der Waals surface area contributed by atoms with E-state index in [9.17, 15) is 9.59 Å². The standard InChI is InChI=1S/C12H12N4O2S/c13-6-1-2-7-9(5-6)19-12(14-7)15-8-3-4-10(17)16-11(8)18/h1-2,5,8H,3-4,13H2,(H,14,15)(H,16,17,18). The molecule has 1 fully saturated rings. The first-order valence-corrected chi connectivity index (χ1v) is 6.70. The highest BCUT2D eigenvalue weighted by atomic mass is 32.1. The average molecular weight is 276 g/mol. The monoisotopic (exact) mass is 276 g/mol. The third-order valence-electron chi connectivity index (χ3n) is 2.95. The number of thiazole rings is 1. The summed E-state index contributed by atoms with van der Waals surface area (Å²) in [6.45, 7) is 0. The Bertz CT molecular complexity index is 667. The maximum Gasteiger partial charge on any atom is 0.249 e. The summed E-state index contributed by atoms with van der Waals surface area (Å²) in [5.74, 6) is -0.518. The Morgan fingerprint density at radius 1 is 1.42 bits per heavy atom. The summed E-state index contributed by atoms with van der Waals surface area (Å²) in [6.07, 6.45) is 0.837. The fraction of sp³-hybridized carbons (Fsp3) is 0.250. The molecule has 1 aromatic heterocycles. The topological polar surface area (TPSA) is 97.1 Å². The fourth-order valence-electron chi connectivity index (χ4n) is 1.98. The summed E-state index contributed by atoms with van der Waals surface area (Å²) in [7, 11) is 0. The van der Waals surface area contributed by atoms with Crippen molar-refractivity contribution >= 4 is 44.2 Å². The van der Waals surface area contributed by atoms with E-state index in [4.69, 9.17) is 5.73 Å². The lowest BCUT2D eigenvalue weighted by Gasteiger charge is -2.21. The first kappa shape index (κ1) is 11.9. The van der Waals surface area contributed by atoms with Gasteiger partial charge in [-0.3, -0.25) is 14.9 Å². The van der Waals surface area contributed by atoms with Gasteiger partial charge in [0.1, 0.15) is 6.04 Å². The predicted octanol–water partition coefficient (Wildman–Crippen LogP) is 1.10. The van der Waals surface area contributed by atoms with Gasteiger partial charge >= 0.3 is 0 Å². The molecule has 1 aromatic carbocycles. The number of nitrogens with zero attached hydrogens (tertiary/aromatic N) is 1. The molecular weight excluding hydrogens is 264 g/mol. The number of aromatic nitrogens is 1. The third-order valence-corrected chi connectivity index (χ3v) is 3.90. The van der Waals surface area contributed by atoms with Crippen LogP contribution in [0, 0.1) is 0 Å². The Labute approximate surface area is 113 Å². The van der Waals surface area contributed by atoms with Gasteiger partial charge in [-0.1, -0.05) is 11.3 Å². The molecule has 0 spiro atoms. The third kappa shape index (κ3) is 2.37. The van der Waals surface area contributed by atoms with Crippen molar-refractivity contribution in [2.24, 2.45) is 0 Å². The van der Waals surface area contributed by atoms with Crippen molar-refractivity contribution in [2.45, 2.75) is 18.9 Å². The Balaban J connectivity index is 1.81. The molecule has 0 saturated carbocycles. The van der Waals surface area contributed by atoms with Gasteiger partial charge in [0, 0.05) is 12.1 Å². The zero-order valence-corrected chi connectivity index (χ0v) is 10.8. The van der Waals surface area contributed by atoms with Gasteiger partial charge in [-0.2, -0.15) is 0 Å². The summed E-state index contributed by atoms with van der Waals surface area (Å²) >= 11 is 1.44. The lowest BCUT2D eigenvalue weighted by atomic mass is 10.1. The number of anilines is 2. The van der Waals surface area contributed by atoms with Crippen molar-refractivity contribution in [1.29, 1.82) is 0 Å². The highest BCUT2D eigenvalue weighted by Crippen LogP contribution is 2.28. The number of imide groups is 1. The summed E-state index contributed by atoms with van der Waals surface area (Å²) in [4.78, 5) is 27.1. The van der Waals surface area contributed by atoms with E-state index >= 15 is 0 Å². The Hall–Kier alpha value is -2.15. The summed E-state index contributed by atoms with van der Waals surface area (Å²) < 4.78 is 0.967. The van der Waals surface area contributed by atoms with Crippen LogP contribution in [0.5, 0.6) is 0 Å². The lowest BCUT2D eigenvalue weighted by molar-refractivity contribution is -0.133. The van der Waals surface area contributed by atoms with E-state index in [-0.39, 0.29) is 11.8 Å². The van der Waals surface area contributed by atoms with Crippen LogP contribution in [0.1, 0.15) is 12.8 Å². The molecule has 2 aromatic rings. The normalized spacial score (nSPS) is 19.5. The molecule has 4 N–H and O–H groups in total. The molecule has 2 amide bonds. The van der Waals surface area contributed by atoms with Crippen LogP contribution in [0.2, 0.25) is 0 Å². The minimum Gasteiger partial charge on any atom is -0.399 e. The molecule has 1 aliphatic heterocycles. The van der Waals surface area contributed by atoms with Crippen LogP contribution in [0.25, 0.3) is 10.2 Å². The van der Waals surface area contributed by atoms with E-state index < -0.39 is 6.04 Å². The van der Waals surface area contributed by atoms with Crippen LogP contribution in [0.3, 0.4) is 0 Å². The number of rotatable bonds is 2. The number of carbonyl (C=O) groups is 2. The quantitative estimate of drug-likeness (QED) is 0.563. The molecule has 98 valence electrons. The van der Waals surface area contributed by atoms with Crippen LogP contribution >= 0.6 is 11.3 Å². The minimum atomic E-state index is -0.407. The summed E-state index contributed by atoms with van der Waals surface area (Å²) in [5.41, 5.74) is 7.24. The predicted molar refractivity (Wildman–Crippen MR) is 73.8 cm³/mol. The zero-order chi connectivity index (χ0) is 13.4. The second-order valence-corrected chi connectivity index (χ2v) is 5.42. The van der Waals surface area contributed by atoms with Gasteiger partial charge in [-0.25, -0.2) is 4.98 Å². The molecule has 1 atom stereocenters. The van der Waals surface area contributed by atoms with Crippen molar-refractivity contribution in [3.63, 3.8) is 0 Å². The molecule has 6 nitrogen and oxygen atoms in total. The van der Waals surface area contributed by atoms with Crippen molar-refractivity contribution in [1.82, 2.24) is 10.3 Å². The molecular formula is C12H12N4O2S. The fourth-order valence-corrected chi connectivity index (χ4v) is 2.95. The first-order chi connectivity index (χ1) is 9.11. The largest absolute Gasteiger partial charge is 0.399 e. The number of benzene rings is 1. The number of nitrogens with two attached hydrogens (primary N) is 1. The number of hydrogen-bond donors (Lipinski definition) is 3. The van der Waals surface area contributed by atoms with E-state index in [1.807, 2.05) is 12.1 Å². The van der Waals surface area contributed by atoms with Gasteiger partial charge in [0.25, 0.3) is 0 Å². The second-order valence-electron chi connectivity index (χ2n) is 4.39. The number of hydrogen-bond acceptors (Lipinski definition) is 6. The van der Waals surface area contributed by atoms with Crippen molar-refractivity contribution in [3.05, 3.63) is 18.2 Å². The zero-order valence-electron chi connectivity index (χ0n) is 9.97. The van der Waals surface area contributed by atoms with Crippen LogP contribution in [-0.4, -0.2) is 22.8 Å². The van der Waals surface area contributed by atoms with Gasteiger partial charge in [0.2, 0.25) is 11.8 Å². The van der Waals surface area contributed by atoms with E-state index in [2.05, 4.69) is 15.6 Å². The smallest absolute Gasteiger partial charge is 0.249 e. The SMILES string of the molecule is Nc1ccc2nc(NC3CCC(=O)NC3=O)sc2c1. The average Bonchev–Trinajstić information content (AvgIpc) is 2.74. The van der Waals surface area contributed by atoms with E-state index in [1.54, 1.807) is 6.07 Å². The summed E-state index contributed by atoms with van der Waals surface area (Å²) in [6, 6.07) is 5.08. The van der Waals surface area contributed by atoms with E-state index in [0.717, 1.165) is 10.2 Å². The maximum atomic E-state index is 11.6. The lowest BCUT2D eigenvalue weighted by Crippen LogP contribution is -2.47. The molecule has 2 heterocycles. The van der Waals surface area contributed by atoms with Crippen LogP contribution < -0.4 is 16.4 Å². The number of carbonyl (C=O) groups excluding carboxylic acids is 2. The Morgan fingerprint density at radius 3 is 3.05 bits per heavy atom. The number of nitrogens with one attached hydrogen (secondary N) is 2. The Morgan fingerprint density at radius 2 is 2.26 bits per heavy atom. The van der Waals surface area contributed by atoms with Crippen molar-refractivity contribution < 1.29 is 9.59 Å². The van der Waals surface area contributed by atoms with Crippen LogP contribution in [0.15, 0.2) is 18.2 Å². The van der Waals surface area contributed by atoms with Crippen LogP contribution in [-0.2, 0) is 9.59 Å². The van der Waals surface area contributed by atoms with Crippen molar-refractivity contribution in [2.75, 3.05) is 11.1 Å². The molecule has 0 bridgehead atoms. The first-order valence-electron chi connectivity index (χ1n) is 5.88. The van der Waals surface area contributed by atoms with Crippen molar-refractivity contribution in [3.8, 4) is 0 Å². The van der Waals surface area contributed by atoms with Gasteiger partial charge in [0.15, 0.2) is 5.13 Å². The minimum absolute atomic E-state index is 0.222. The molecule has 1 saturated heterocycles. The summed E-state index contributed by atoms with van der Waals surface area (Å²) in [5, 5.41) is 6.03. The molecule has 19 heavy (non-hydrogen) atoms. The number of nitrogen functional groups attached to an aromatic ring is 1. The van der Waals surface area contributed by atoms with Gasteiger partial charge in [-0.15, -0.1) is 0 Å². The molecule has 0 radical (unpaired) electrons. The number of fused-ring (bicyclic) bond motifs is 1. The highest BCUT2D eigenvalue weighted by molar-refractivity contribution is 7.22. The molecule has 0 aliphatic carbocycles. The van der Waals surface area contributed by atoms with E-state index in [1.165, 1.54) is 11.3 Å². The molecule has 3 rings (SSSR count). The molecule has 1 unspecified atom stereocenters. The van der Waals surface area contributed by atoms with Gasteiger partial charge < -0.3 is 11.1 Å². The number of amides is 2. The maximum absolute atomic E-state index is 11.6. The van der Waals surface area contributed by atoms with Crippen LogP contribution in [0.4, 0.5) is 10.8 Å². The van der Waals surface area contributed by atoms with Gasteiger partial charge in [0.05, 0.1) is 10.2 Å².